The Labute approximate surface area is 341 Å². The molecule has 2 aliphatic carbocycles. The molecule has 10 rings (SSSR count). The van der Waals surface area contributed by atoms with E-state index in [1.165, 1.54) is 23.6 Å². The first-order chi connectivity index (χ1) is 28.5. The molecular weight excluding hydrogens is 816 g/mol. The topological polar surface area (TPSA) is 4.93 Å². The van der Waals surface area contributed by atoms with E-state index in [9.17, 15) is 0 Å². The van der Waals surface area contributed by atoms with Crippen LogP contribution in [0.4, 0.5) is 52.7 Å². The fraction of sp³-hybridized carbons (Fsp3) is 0.217. The zero-order valence-electron chi connectivity index (χ0n) is 32.5. The summed E-state index contributed by atoms with van der Waals surface area (Å²) in [4.78, 5) is 0. The van der Waals surface area contributed by atoms with Crippen LogP contribution in [0.3, 0.4) is 0 Å². The van der Waals surface area contributed by atoms with Crippen molar-refractivity contribution in [2.24, 2.45) is 0 Å². The summed E-state index contributed by atoms with van der Waals surface area (Å²) < 4.78 is 195. The summed E-state index contributed by atoms with van der Waals surface area (Å²) >= 11 is 0. The molecule has 6 aromatic rings. The molecule has 0 atom stereocenters. The van der Waals surface area contributed by atoms with Crippen LogP contribution in [0.15, 0.2) is 109 Å². The molecule has 0 N–H and O–H groups in total. The lowest BCUT2D eigenvalue weighted by atomic mass is 9.29. The Morgan fingerprint density at radius 3 is 1.64 bits per heavy atom. The highest BCUT2D eigenvalue weighted by Gasteiger charge is 2.81. The van der Waals surface area contributed by atoms with Gasteiger partial charge in [-0.05, 0) is 65.9 Å². The number of aryl methyl sites for hydroxylation is 2. The summed E-state index contributed by atoms with van der Waals surface area (Å²) in [5, 5.41) is -1.08. The number of alkyl halides is 12. The summed E-state index contributed by atoms with van der Waals surface area (Å²) in [6, 6.07) is 17.3. The average Bonchev–Trinajstić information content (AvgIpc) is 3.62. The van der Waals surface area contributed by atoms with Crippen LogP contribution in [0, 0.1) is 13.8 Å². The maximum absolute atomic E-state index is 16.6. The fourth-order valence-electron chi connectivity index (χ4n) is 10.5. The molecule has 1 nitrogen and oxygen atoms in total. The molecule has 308 valence electrons. The highest BCUT2D eigenvalue weighted by atomic mass is 19.4. The molecule has 2 aliphatic heterocycles. The van der Waals surface area contributed by atoms with E-state index in [4.69, 9.17) is 0 Å². The van der Waals surface area contributed by atoms with E-state index in [1.807, 2.05) is 0 Å². The first-order valence-corrected chi connectivity index (χ1v) is 19.2. The Morgan fingerprint density at radius 2 is 1.10 bits per heavy atom. The molecule has 4 aliphatic rings. The number of hydrogen-bond acceptors (Lipinski definition) is 0. The minimum absolute atomic E-state index is 0.124. The third-order valence-corrected chi connectivity index (χ3v) is 13.4. The van der Waals surface area contributed by atoms with Crippen LogP contribution in [0.1, 0.15) is 47.2 Å². The predicted octanol–water partition coefficient (Wildman–Crippen LogP) is 10.1. The number of halogens is 12. The van der Waals surface area contributed by atoms with Crippen LogP contribution in [-0.2, 0) is 23.7 Å². The van der Waals surface area contributed by atoms with Gasteiger partial charge in [0.2, 0.25) is 13.4 Å². The van der Waals surface area contributed by atoms with Gasteiger partial charge in [0.15, 0.2) is 0 Å². The van der Waals surface area contributed by atoms with Crippen LogP contribution < -0.4 is 27.3 Å². The highest BCUT2D eigenvalue weighted by Crippen LogP contribution is 2.66. The average molecular weight is 845 g/mol. The zero-order valence-corrected chi connectivity index (χ0v) is 32.5. The number of rotatable bonds is 5. The van der Waals surface area contributed by atoms with Crippen molar-refractivity contribution in [1.29, 1.82) is 0 Å². The van der Waals surface area contributed by atoms with Crippen molar-refractivity contribution in [1.82, 2.24) is 4.57 Å². The largest absolute Gasteiger partial charge is 0.380 e. The second-order valence-electron chi connectivity index (χ2n) is 16.5. The molecule has 0 spiro atoms. The molecule has 0 saturated heterocycles. The highest BCUT2D eigenvalue weighted by molar-refractivity contribution is 7.01. The van der Waals surface area contributed by atoms with Crippen molar-refractivity contribution in [3.8, 4) is 16.8 Å². The van der Waals surface area contributed by atoms with E-state index in [1.54, 1.807) is 87.5 Å². The van der Waals surface area contributed by atoms with Crippen molar-refractivity contribution in [3.05, 3.63) is 142 Å². The molecule has 15 heteroatoms. The van der Waals surface area contributed by atoms with Crippen molar-refractivity contribution in [2.45, 2.75) is 63.2 Å². The standard InChI is InChI=1S/C46H29B2F12N/c1-6-7-12-21(2)24(5)47-31-17-26(25-15-9-8-10-16-25)18-32-40(31)61-38-27(19-29-33(36(38)47)43(53,54)45(57,58)41(29,49)50)28-20-30-34(44(55,56)46(59,60)42(30,51)52)37(39(28)61)48(32)35-22(3)13-11-14-23(35)4/h6-20H,1H2,2-5H3/b12-7-,24-21+. The first-order valence-electron chi connectivity index (χ1n) is 19.2. The normalized spacial score (nSPS) is 20.5. The monoisotopic (exact) mass is 845 g/mol. The van der Waals surface area contributed by atoms with Gasteiger partial charge in [0.25, 0.3) is 0 Å². The zero-order chi connectivity index (χ0) is 43.9. The molecule has 0 saturated carbocycles. The lowest BCUT2D eigenvalue weighted by Crippen LogP contribution is -2.63. The van der Waals surface area contributed by atoms with Crippen molar-refractivity contribution in [2.75, 3.05) is 0 Å². The lowest BCUT2D eigenvalue weighted by Gasteiger charge is -2.38. The van der Waals surface area contributed by atoms with E-state index < -0.39 is 98.4 Å². The molecule has 1 aromatic heterocycles. The number of hydrogen-bond donors (Lipinski definition) is 0. The van der Waals surface area contributed by atoms with Crippen LogP contribution in [0.5, 0.6) is 0 Å². The smallest absolute Gasteiger partial charge is 0.311 e. The van der Waals surface area contributed by atoms with Gasteiger partial charge in [0.05, 0.1) is 0 Å². The molecular formula is C46H29B2F12N. The van der Waals surface area contributed by atoms with Gasteiger partial charge in [0, 0.05) is 49.7 Å². The maximum atomic E-state index is 16.6. The van der Waals surface area contributed by atoms with Gasteiger partial charge in [-0.3, -0.25) is 0 Å². The van der Waals surface area contributed by atoms with Crippen LogP contribution in [0.25, 0.3) is 38.6 Å². The van der Waals surface area contributed by atoms with Gasteiger partial charge in [-0.25, -0.2) is 0 Å². The maximum Gasteiger partial charge on any atom is 0.380 e. The van der Waals surface area contributed by atoms with Crippen molar-refractivity contribution >= 4 is 62.5 Å². The summed E-state index contributed by atoms with van der Waals surface area (Å²) in [5.41, 5.74) is -6.00. The van der Waals surface area contributed by atoms with Crippen molar-refractivity contribution in [3.63, 3.8) is 0 Å². The minimum atomic E-state index is -5.98. The summed E-state index contributed by atoms with van der Waals surface area (Å²) in [5.74, 6) is -34.1. The van der Waals surface area contributed by atoms with Gasteiger partial charge < -0.3 is 4.57 Å². The third kappa shape index (κ3) is 4.39. The Balaban J connectivity index is 1.55. The molecule has 3 heterocycles. The Morgan fingerprint density at radius 1 is 0.590 bits per heavy atom. The van der Waals surface area contributed by atoms with Crippen LogP contribution in [-0.4, -0.2) is 29.8 Å². The lowest BCUT2D eigenvalue weighted by molar-refractivity contribution is -0.302. The molecule has 0 radical (unpaired) electrons. The number of nitrogens with zero attached hydrogens (tertiary/aromatic N) is 1. The summed E-state index contributed by atoms with van der Waals surface area (Å²) in [6.07, 6.45) is 4.51. The minimum Gasteiger partial charge on any atom is -0.311 e. The Hall–Kier alpha value is -5.59. The predicted molar refractivity (Wildman–Crippen MR) is 215 cm³/mol. The molecule has 5 aromatic carbocycles. The number of benzene rings is 5. The van der Waals surface area contributed by atoms with E-state index in [0.29, 0.717) is 45.4 Å². The molecule has 0 fully saturated rings. The second kappa shape index (κ2) is 11.9. The Bertz CT molecular complexity index is 3050. The van der Waals surface area contributed by atoms with Gasteiger partial charge in [-0.1, -0.05) is 120 Å². The van der Waals surface area contributed by atoms with E-state index in [2.05, 4.69) is 6.58 Å². The van der Waals surface area contributed by atoms with Crippen LogP contribution in [0.2, 0.25) is 0 Å². The summed E-state index contributed by atoms with van der Waals surface area (Å²) in [6.45, 7) is 7.05. The van der Waals surface area contributed by atoms with E-state index in [0.717, 1.165) is 0 Å². The molecule has 0 amide bonds. The molecule has 61 heavy (non-hydrogen) atoms. The SMILES string of the molecule is C=C/C=C\C(C)=C(/C)B1c2cc(-c3ccccc3)cc3c2-n2c4c1c1c(cc4c4cc5c(c(c42)B3c2c(C)cccc2C)C(F)(F)C(F)(F)C5(F)F)C(F)(F)C(F)(F)C1(F)F. The fourth-order valence-corrected chi connectivity index (χ4v) is 10.5. The van der Waals surface area contributed by atoms with Crippen LogP contribution >= 0.6 is 0 Å². The van der Waals surface area contributed by atoms with Gasteiger partial charge in [-0.15, -0.1) is 0 Å². The molecule has 0 bridgehead atoms. The first kappa shape index (κ1) is 39.5. The number of fused-ring (bicyclic) bond motifs is 5. The second-order valence-corrected chi connectivity index (χ2v) is 16.5. The van der Waals surface area contributed by atoms with Crippen molar-refractivity contribution < 1.29 is 52.7 Å². The molecule has 0 unspecified atom stereocenters. The number of aromatic nitrogens is 1. The van der Waals surface area contributed by atoms with Gasteiger partial charge in [-0.2, -0.15) is 52.7 Å². The number of allylic oxidation sites excluding steroid dienone is 5. The van der Waals surface area contributed by atoms with Gasteiger partial charge >= 0.3 is 35.5 Å². The summed E-state index contributed by atoms with van der Waals surface area (Å²) in [7, 11) is 0. The van der Waals surface area contributed by atoms with Gasteiger partial charge in [0.1, 0.15) is 0 Å². The third-order valence-electron chi connectivity index (χ3n) is 13.4. The quantitative estimate of drug-likeness (QED) is 0.0925. The Kier molecular flexibility index (Phi) is 7.69. The van der Waals surface area contributed by atoms with E-state index in [-0.39, 0.29) is 27.6 Å². The van der Waals surface area contributed by atoms with E-state index >= 15 is 52.7 Å².